The fourth-order valence-electron chi connectivity index (χ4n) is 3.79. The topological polar surface area (TPSA) is 77.6 Å². The molecule has 4 heterocycles. The van der Waals surface area contributed by atoms with Gasteiger partial charge in [-0.05, 0) is 49.1 Å². The van der Waals surface area contributed by atoms with Crippen LogP contribution in [0, 0.1) is 19.7 Å². The molecule has 0 atom stereocenters. The van der Waals surface area contributed by atoms with Gasteiger partial charge in [0.05, 0.1) is 29.4 Å². The molecule has 0 aliphatic rings. The van der Waals surface area contributed by atoms with E-state index in [0.29, 0.717) is 40.2 Å². The standard InChI is InChI=1S/C24H21FN6OS/c1-15-10-19(20-13-28-31(23(20)29-15)14-18-4-3-9-33-18)24(32)27-12-17-5-6-22(21(25)11-17)30-8-7-26-16(30)2/h3-11,13H,12,14H2,1-2H3,(H,27,32). The lowest BCUT2D eigenvalue weighted by Crippen LogP contribution is -2.23. The van der Waals surface area contributed by atoms with E-state index in [1.807, 2.05) is 31.4 Å². The Balaban J connectivity index is 1.36. The van der Waals surface area contributed by atoms with Crippen molar-refractivity contribution in [2.24, 2.45) is 0 Å². The Bertz CT molecular complexity index is 1450. The summed E-state index contributed by atoms with van der Waals surface area (Å²) >= 11 is 1.65. The lowest BCUT2D eigenvalue weighted by Gasteiger charge is -2.10. The van der Waals surface area contributed by atoms with Gasteiger partial charge in [-0.15, -0.1) is 11.3 Å². The summed E-state index contributed by atoms with van der Waals surface area (Å²) in [6, 6.07) is 10.7. The van der Waals surface area contributed by atoms with Crippen molar-refractivity contribution in [3.63, 3.8) is 0 Å². The molecule has 7 nitrogen and oxygen atoms in total. The van der Waals surface area contributed by atoms with Crippen molar-refractivity contribution in [3.8, 4) is 5.69 Å². The normalized spacial score (nSPS) is 11.2. The van der Waals surface area contributed by atoms with Crippen LogP contribution in [0.25, 0.3) is 16.7 Å². The van der Waals surface area contributed by atoms with Crippen LogP contribution in [0.5, 0.6) is 0 Å². The summed E-state index contributed by atoms with van der Waals surface area (Å²) in [7, 11) is 0. The highest BCUT2D eigenvalue weighted by molar-refractivity contribution is 7.09. The van der Waals surface area contributed by atoms with Gasteiger partial charge >= 0.3 is 0 Å². The third-order valence-corrected chi connectivity index (χ3v) is 6.28. The molecule has 1 amide bonds. The Hall–Kier alpha value is -3.85. The average molecular weight is 461 g/mol. The molecule has 0 unspecified atom stereocenters. The van der Waals surface area contributed by atoms with Crippen molar-refractivity contribution >= 4 is 28.3 Å². The van der Waals surface area contributed by atoms with Gasteiger partial charge in [0.15, 0.2) is 5.65 Å². The summed E-state index contributed by atoms with van der Waals surface area (Å²) in [5.41, 5.74) is 2.98. The van der Waals surface area contributed by atoms with Gasteiger partial charge in [0.2, 0.25) is 0 Å². The Labute approximate surface area is 193 Å². The van der Waals surface area contributed by atoms with Crippen molar-refractivity contribution < 1.29 is 9.18 Å². The second-order valence-corrected chi connectivity index (χ2v) is 8.78. The lowest BCUT2D eigenvalue weighted by molar-refractivity contribution is 0.0952. The van der Waals surface area contributed by atoms with E-state index in [4.69, 9.17) is 0 Å². The molecule has 0 radical (unpaired) electrons. The van der Waals surface area contributed by atoms with Gasteiger partial charge < -0.3 is 9.88 Å². The third-order valence-electron chi connectivity index (χ3n) is 5.42. The van der Waals surface area contributed by atoms with Crippen LogP contribution >= 0.6 is 11.3 Å². The molecule has 0 aliphatic heterocycles. The van der Waals surface area contributed by atoms with E-state index in [0.717, 1.165) is 10.6 Å². The van der Waals surface area contributed by atoms with E-state index < -0.39 is 0 Å². The van der Waals surface area contributed by atoms with Crippen LogP contribution in [0.15, 0.2) is 60.4 Å². The number of rotatable bonds is 6. The quantitative estimate of drug-likeness (QED) is 0.407. The molecule has 0 aliphatic carbocycles. The monoisotopic (exact) mass is 460 g/mol. The first-order chi connectivity index (χ1) is 16.0. The third kappa shape index (κ3) is 4.14. The smallest absolute Gasteiger partial charge is 0.252 e. The molecule has 5 rings (SSSR count). The molecular formula is C24H21FN6OS. The number of carbonyl (C=O) groups is 1. The highest BCUT2D eigenvalue weighted by Crippen LogP contribution is 2.21. The molecule has 0 bridgehead atoms. The van der Waals surface area contributed by atoms with Gasteiger partial charge in [0, 0.05) is 29.5 Å². The summed E-state index contributed by atoms with van der Waals surface area (Å²) in [6.45, 7) is 4.46. The number of aryl methyl sites for hydroxylation is 2. The number of thiophene rings is 1. The molecule has 1 aromatic carbocycles. The number of nitrogens with one attached hydrogen (secondary N) is 1. The molecule has 0 spiro atoms. The SMILES string of the molecule is Cc1cc(C(=O)NCc2ccc(-n3ccnc3C)c(F)c2)c2cnn(Cc3cccs3)c2n1. The summed E-state index contributed by atoms with van der Waals surface area (Å²) in [4.78, 5) is 22.9. The maximum absolute atomic E-state index is 14.7. The zero-order valence-electron chi connectivity index (χ0n) is 18.1. The van der Waals surface area contributed by atoms with Crippen LogP contribution in [0.4, 0.5) is 4.39 Å². The number of nitrogens with zero attached hydrogens (tertiary/aromatic N) is 5. The van der Waals surface area contributed by atoms with Gasteiger partial charge in [0.25, 0.3) is 5.91 Å². The zero-order chi connectivity index (χ0) is 22.9. The van der Waals surface area contributed by atoms with Crippen LogP contribution in [0.2, 0.25) is 0 Å². The maximum atomic E-state index is 14.7. The number of aromatic nitrogens is 5. The second-order valence-electron chi connectivity index (χ2n) is 7.74. The van der Waals surface area contributed by atoms with E-state index in [1.54, 1.807) is 57.4 Å². The fourth-order valence-corrected chi connectivity index (χ4v) is 4.48. The molecule has 9 heteroatoms. The first-order valence-electron chi connectivity index (χ1n) is 10.4. The first kappa shape index (κ1) is 21.0. The van der Waals surface area contributed by atoms with E-state index >= 15 is 0 Å². The largest absolute Gasteiger partial charge is 0.348 e. The number of halogens is 1. The maximum Gasteiger partial charge on any atom is 0.252 e. The Morgan fingerprint density at radius 3 is 2.82 bits per heavy atom. The Morgan fingerprint density at radius 2 is 2.09 bits per heavy atom. The number of carbonyl (C=O) groups excluding carboxylic acids is 1. The van der Waals surface area contributed by atoms with Crippen molar-refractivity contribution in [2.75, 3.05) is 0 Å². The molecule has 0 fully saturated rings. The number of benzene rings is 1. The Kier molecular flexibility index (Phi) is 5.47. The number of pyridine rings is 1. The molecule has 33 heavy (non-hydrogen) atoms. The zero-order valence-corrected chi connectivity index (χ0v) is 18.9. The predicted molar refractivity (Wildman–Crippen MR) is 125 cm³/mol. The van der Waals surface area contributed by atoms with Crippen LogP contribution in [0.1, 0.15) is 32.3 Å². The van der Waals surface area contributed by atoms with Gasteiger partial charge in [-0.1, -0.05) is 12.1 Å². The van der Waals surface area contributed by atoms with E-state index in [1.165, 1.54) is 6.07 Å². The number of amides is 1. The number of hydrogen-bond acceptors (Lipinski definition) is 5. The molecule has 5 aromatic rings. The average Bonchev–Trinajstić information content (AvgIpc) is 3.55. The molecule has 1 N–H and O–H groups in total. The van der Waals surface area contributed by atoms with Crippen molar-refractivity contribution in [3.05, 3.63) is 93.7 Å². The number of fused-ring (bicyclic) bond motifs is 1. The van der Waals surface area contributed by atoms with Crippen LogP contribution in [-0.4, -0.2) is 30.2 Å². The molecule has 4 aromatic heterocycles. The predicted octanol–water partition coefficient (Wildman–Crippen LogP) is 4.41. The number of imidazole rings is 1. The molecular weight excluding hydrogens is 439 g/mol. The van der Waals surface area contributed by atoms with Crippen LogP contribution in [0.3, 0.4) is 0 Å². The molecule has 0 saturated carbocycles. The van der Waals surface area contributed by atoms with Gasteiger partial charge in [-0.2, -0.15) is 5.10 Å². The van der Waals surface area contributed by atoms with Crippen molar-refractivity contribution in [2.45, 2.75) is 26.9 Å². The van der Waals surface area contributed by atoms with Crippen LogP contribution < -0.4 is 5.32 Å². The summed E-state index contributed by atoms with van der Waals surface area (Å²) in [6.07, 6.45) is 5.01. The minimum atomic E-state index is -0.375. The van der Waals surface area contributed by atoms with E-state index in [9.17, 15) is 9.18 Å². The highest BCUT2D eigenvalue weighted by atomic mass is 32.1. The summed E-state index contributed by atoms with van der Waals surface area (Å²) < 4.78 is 18.2. The molecule has 0 saturated heterocycles. The van der Waals surface area contributed by atoms with E-state index in [-0.39, 0.29) is 18.3 Å². The number of hydrogen-bond donors (Lipinski definition) is 1. The van der Waals surface area contributed by atoms with Crippen molar-refractivity contribution in [1.29, 1.82) is 0 Å². The second kappa shape index (κ2) is 8.59. The Morgan fingerprint density at radius 1 is 1.21 bits per heavy atom. The summed E-state index contributed by atoms with van der Waals surface area (Å²) in [5.74, 6) is 0.0719. The van der Waals surface area contributed by atoms with Gasteiger partial charge in [-0.25, -0.2) is 19.0 Å². The van der Waals surface area contributed by atoms with Crippen molar-refractivity contribution in [1.82, 2.24) is 29.6 Å². The van der Waals surface area contributed by atoms with Crippen LogP contribution in [-0.2, 0) is 13.1 Å². The van der Waals surface area contributed by atoms with E-state index in [2.05, 4.69) is 20.4 Å². The van der Waals surface area contributed by atoms with Gasteiger partial charge in [0.1, 0.15) is 11.6 Å². The highest BCUT2D eigenvalue weighted by Gasteiger charge is 2.16. The first-order valence-corrected chi connectivity index (χ1v) is 11.3. The summed E-state index contributed by atoms with van der Waals surface area (Å²) in [5, 5.41) is 10.0. The molecule has 166 valence electrons. The van der Waals surface area contributed by atoms with Gasteiger partial charge in [-0.3, -0.25) is 4.79 Å². The lowest BCUT2D eigenvalue weighted by atomic mass is 10.1. The fraction of sp³-hybridized carbons (Fsp3) is 0.167. The minimum absolute atomic E-state index is 0.200. The minimum Gasteiger partial charge on any atom is -0.348 e.